The van der Waals surface area contributed by atoms with Gasteiger partial charge in [-0.1, -0.05) is 48.2 Å². The van der Waals surface area contributed by atoms with Crippen molar-refractivity contribution < 1.29 is 30.7 Å². The van der Waals surface area contributed by atoms with Crippen molar-refractivity contribution in [2.45, 2.75) is 34.6 Å². The van der Waals surface area contributed by atoms with E-state index in [1.165, 1.54) is 30.5 Å². The predicted molar refractivity (Wildman–Crippen MR) is 162 cm³/mol. The van der Waals surface area contributed by atoms with E-state index in [0.29, 0.717) is 16.4 Å². The third kappa shape index (κ3) is 6.83. The zero-order chi connectivity index (χ0) is 30.9. The molecule has 0 fully saturated rings. The van der Waals surface area contributed by atoms with Crippen LogP contribution in [0.4, 0.5) is 17.1 Å². The van der Waals surface area contributed by atoms with Gasteiger partial charge < -0.3 is 10.5 Å². The zero-order valence-corrected chi connectivity index (χ0v) is 25.2. The Morgan fingerprint density at radius 3 is 2.44 bits per heavy atom. The fourth-order valence-corrected chi connectivity index (χ4v) is 6.59. The monoisotopic (exact) mass is 642 g/mol. The number of ether oxygens (including phenoxy) is 1. The van der Waals surface area contributed by atoms with Gasteiger partial charge in [0.1, 0.15) is 28.1 Å². The van der Waals surface area contributed by atoms with Gasteiger partial charge in [-0.05, 0) is 54.3 Å². The van der Waals surface area contributed by atoms with E-state index in [2.05, 4.69) is 49.8 Å². The van der Waals surface area contributed by atoms with Crippen LogP contribution < -0.4 is 10.5 Å². The molecule has 43 heavy (non-hydrogen) atoms. The summed E-state index contributed by atoms with van der Waals surface area (Å²) in [6.07, 6.45) is 13.5. The van der Waals surface area contributed by atoms with Crippen molar-refractivity contribution >= 4 is 54.2 Å². The van der Waals surface area contributed by atoms with Gasteiger partial charge in [0.15, 0.2) is 10.5 Å². The zero-order valence-electron chi connectivity index (χ0n) is 22.8. The Labute approximate surface area is 252 Å². The molecule has 13 nitrogen and oxygen atoms in total. The van der Waals surface area contributed by atoms with Crippen molar-refractivity contribution in [1.82, 2.24) is 0 Å². The molecule has 0 saturated carbocycles. The third-order valence-corrected chi connectivity index (χ3v) is 9.46. The van der Waals surface area contributed by atoms with Crippen LogP contribution in [0.3, 0.4) is 0 Å². The number of allylic oxidation sites excluding steroid dienone is 6. The van der Waals surface area contributed by atoms with Gasteiger partial charge in [0.05, 0.1) is 17.7 Å². The average Bonchev–Trinajstić information content (AvgIpc) is 3.34. The molecule has 3 atom stereocenters. The van der Waals surface area contributed by atoms with Crippen molar-refractivity contribution in [3.05, 3.63) is 83.5 Å². The molecule has 0 bridgehead atoms. The average molecular weight is 643 g/mol. The number of nitrogens with zero attached hydrogens (tertiary/aromatic N) is 5. The van der Waals surface area contributed by atoms with E-state index in [1.807, 2.05) is 12.2 Å². The minimum absolute atomic E-state index is 0.234. The molecule has 2 aromatic rings. The molecule has 0 spiro atoms. The molecule has 3 aliphatic rings. The molecule has 2 aromatic carbocycles. The molecule has 16 heteroatoms. The standard InChI is InChI=1S/C27H26N6O7S3/c1-15-11-21(31-33-26-25(29-27(28)41-26)18-8-7-16-5-3-4-6-17(16)12-18)23(40-2)14-20(15)30-32-22-13-19(42(34,35)36)9-10-24(22)43(37,38)39/h3-5,7-14,17,25-26H,6H2,1-2H3,(H2,28,29)(H,34,35,36)(H,37,38,39). The molecular weight excluding hydrogens is 617 g/mol. The number of thioether (sulfide) groups is 1. The lowest BCUT2D eigenvalue weighted by molar-refractivity contribution is 0.415. The molecule has 4 N–H and O–H groups in total. The lowest BCUT2D eigenvalue weighted by Gasteiger charge is -2.23. The molecule has 3 unspecified atom stereocenters. The minimum atomic E-state index is -4.78. The number of amidine groups is 1. The van der Waals surface area contributed by atoms with E-state index >= 15 is 0 Å². The number of aliphatic imine (C=N–C) groups is 1. The van der Waals surface area contributed by atoms with E-state index in [0.717, 1.165) is 30.2 Å². The van der Waals surface area contributed by atoms with Crippen molar-refractivity contribution in [2.24, 2.45) is 37.1 Å². The van der Waals surface area contributed by atoms with Crippen molar-refractivity contribution in [2.75, 3.05) is 7.11 Å². The van der Waals surface area contributed by atoms with Crippen LogP contribution in [0.25, 0.3) is 0 Å². The molecule has 0 saturated heterocycles. The van der Waals surface area contributed by atoms with Crippen LogP contribution in [-0.2, 0) is 20.2 Å². The van der Waals surface area contributed by atoms with E-state index in [-0.39, 0.29) is 23.4 Å². The second kappa shape index (κ2) is 12.0. The Balaban J connectivity index is 1.42. The summed E-state index contributed by atoms with van der Waals surface area (Å²) in [5.41, 5.74) is 8.98. The molecule has 0 amide bonds. The summed E-state index contributed by atoms with van der Waals surface area (Å²) in [6, 6.07) is 5.22. The minimum Gasteiger partial charge on any atom is -0.494 e. The number of hydrogen-bond acceptors (Lipinski definition) is 12. The third-order valence-electron chi connectivity index (χ3n) is 6.77. The lowest BCUT2D eigenvalue weighted by Crippen LogP contribution is -2.20. The van der Waals surface area contributed by atoms with Gasteiger partial charge in [0.25, 0.3) is 20.2 Å². The van der Waals surface area contributed by atoms with Gasteiger partial charge in [-0.15, -0.1) is 5.11 Å². The SMILES string of the molecule is COc1cc(N=Nc2cc(S(=O)(=O)O)ccc2S(=O)(=O)O)c(C)cc1N=NC1SC(N)=NC1C1=CC2CC=CC=C2C=C1. The van der Waals surface area contributed by atoms with E-state index in [9.17, 15) is 25.9 Å². The molecule has 1 heterocycles. The van der Waals surface area contributed by atoms with Crippen LogP contribution in [-0.4, -0.2) is 49.6 Å². The first kappa shape index (κ1) is 30.5. The number of rotatable bonds is 8. The van der Waals surface area contributed by atoms with E-state index in [4.69, 9.17) is 10.5 Å². The van der Waals surface area contributed by atoms with Crippen LogP contribution in [0.2, 0.25) is 0 Å². The summed E-state index contributed by atoms with van der Waals surface area (Å²) < 4.78 is 71.0. The van der Waals surface area contributed by atoms with E-state index in [1.54, 1.807) is 13.0 Å². The maximum Gasteiger partial charge on any atom is 0.296 e. The summed E-state index contributed by atoms with van der Waals surface area (Å²) in [7, 11) is -8.04. The molecule has 1 aliphatic heterocycles. The number of aryl methyl sites for hydroxylation is 1. The summed E-state index contributed by atoms with van der Waals surface area (Å²) in [5, 5.41) is 16.8. The Morgan fingerprint density at radius 1 is 0.977 bits per heavy atom. The largest absolute Gasteiger partial charge is 0.494 e. The Kier molecular flexibility index (Phi) is 8.49. The molecule has 2 aliphatic carbocycles. The first-order chi connectivity index (χ1) is 20.3. The maximum absolute atomic E-state index is 11.8. The maximum atomic E-state index is 11.8. The fourth-order valence-electron chi connectivity index (χ4n) is 4.62. The fraction of sp³-hybridized carbons (Fsp3) is 0.222. The van der Waals surface area contributed by atoms with Crippen molar-refractivity contribution in [1.29, 1.82) is 0 Å². The number of nitrogens with two attached hydrogens (primary N) is 1. The van der Waals surface area contributed by atoms with Gasteiger partial charge in [0, 0.05) is 12.0 Å². The normalized spacial score (nSPS) is 22.0. The molecule has 5 rings (SSSR count). The first-order valence-corrected chi connectivity index (χ1v) is 16.5. The highest BCUT2D eigenvalue weighted by Gasteiger charge is 2.33. The second-order valence-corrected chi connectivity index (χ2v) is 13.6. The van der Waals surface area contributed by atoms with Gasteiger partial charge in [-0.2, -0.15) is 32.2 Å². The van der Waals surface area contributed by atoms with Crippen LogP contribution in [0.1, 0.15) is 12.0 Å². The molecule has 0 aromatic heterocycles. The highest BCUT2D eigenvalue weighted by atomic mass is 32.2. The van der Waals surface area contributed by atoms with Gasteiger partial charge in [0.2, 0.25) is 0 Å². The number of methoxy groups -OCH3 is 1. The summed E-state index contributed by atoms with van der Waals surface area (Å²) in [5.74, 6) is 0.553. The summed E-state index contributed by atoms with van der Waals surface area (Å²) in [6.45, 7) is 1.70. The Morgan fingerprint density at radius 2 is 1.72 bits per heavy atom. The summed E-state index contributed by atoms with van der Waals surface area (Å²) >= 11 is 1.31. The first-order valence-electron chi connectivity index (χ1n) is 12.7. The van der Waals surface area contributed by atoms with Gasteiger partial charge in [-0.3, -0.25) is 14.1 Å². The number of benzene rings is 2. The predicted octanol–water partition coefficient (Wildman–Crippen LogP) is 5.75. The molecule has 0 radical (unpaired) electrons. The van der Waals surface area contributed by atoms with Crippen LogP contribution >= 0.6 is 11.8 Å². The topological polar surface area (TPSA) is 206 Å². The Hall–Kier alpha value is -3.96. The number of hydrogen-bond donors (Lipinski definition) is 3. The highest BCUT2D eigenvalue weighted by molar-refractivity contribution is 8.14. The second-order valence-electron chi connectivity index (χ2n) is 9.66. The Bertz CT molecular complexity index is 1910. The van der Waals surface area contributed by atoms with Crippen molar-refractivity contribution in [3.63, 3.8) is 0 Å². The lowest BCUT2D eigenvalue weighted by atomic mass is 9.84. The van der Waals surface area contributed by atoms with Crippen LogP contribution in [0.5, 0.6) is 5.75 Å². The molecule has 224 valence electrons. The number of fused-ring (bicyclic) bond motifs is 1. The van der Waals surface area contributed by atoms with Crippen molar-refractivity contribution in [3.8, 4) is 5.75 Å². The summed E-state index contributed by atoms with van der Waals surface area (Å²) in [4.78, 5) is 3.27. The van der Waals surface area contributed by atoms with Gasteiger partial charge in [-0.25, -0.2) is 0 Å². The highest BCUT2D eigenvalue weighted by Crippen LogP contribution is 2.40. The molecular formula is C27H26N6O7S3. The number of azo groups is 2. The quantitative estimate of drug-likeness (QED) is 0.236. The van der Waals surface area contributed by atoms with E-state index < -0.39 is 41.1 Å². The smallest absolute Gasteiger partial charge is 0.296 e. The van der Waals surface area contributed by atoms with Gasteiger partial charge >= 0.3 is 0 Å². The van der Waals surface area contributed by atoms with Crippen LogP contribution in [0, 0.1) is 12.8 Å². The van der Waals surface area contributed by atoms with Crippen LogP contribution in [0.15, 0.2) is 113 Å².